The van der Waals surface area contributed by atoms with E-state index >= 15 is 0 Å². The van der Waals surface area contributed by atoms with Gasteiger partial charge in [0.2, 0.25) is 24.1 Å². The number of rotatable bonds is 11. The van der Waals surface area contributed by atoms with Crippen molar-refractivity contribution in [2.24, 2.45) is 17.4 Å². The molecule has 2 unspecified atom stereocenters. The van der Waals surface area contributed by atoms with Crippen molar-refractivity contribution in [3.05, 3.63) is 29.8 Å². The normalized spacial score (nSPS) is 12.2. The molecule has 0 saturated heterocycles. The van der Waals surface area contributed by atoms with E-state index in [0.29, 0.717) is 17.7 Å². The predicted molar refractivity (Wildman–Crippen MR) is 98.4 cm³/mol. The van der Waals surface area contributed by atoms with E-state index in [1.807, 2.05) is 0 Å². The summed E-state index contributed by atoms with van der Waals surface area (Å²) in [6.07, 6.45) is -0.805. The van der Waals surface area contributed by atoms with E-state index in [0.717, 1.165) is 0 Å². The molecule has 1 rings (SSSR count). The fraction of sp³-hybridized carbons (Fsp3) is 0.353. The predicted octanol–water partition coefficient (Wildman–Crippen LogP) is -1.04. The van der Waals surface area contributed by atoms with Crippen LogP contribution in [0.3, 0.4) is 0 Å². The molecule has 7 N–H and O–H groups in total. The Morgan fingerprint density at radius 1 is 1.14 bits per heavy atom. The summed E-state index contributed by atoms with van der Waals surface area (Å²) in [6.45, 7) is 1.29. The van der Waals surface area contributed by atoms with Crippen molar-refractivity contribution < 1.29 is 28.7 Å². The topological polar surface area (TPSA) is 183 Å². The minimum absolute atomic E-state index is 0.00818. The second-order valence-electron chi connectivity index (χ2n) is 5.93. The van der Waals surface area contributed by atoms with Crippen LogP contribution in [0.4, 0.5) is 10.5 Å². The third-order valence-electron chi connectivity index (χ3n) is 3.70. The zero-order chi connectivity index (χ0) is 21.1. The Bertz CT molecular complexity index is 721. The van der Waals surface area contributed by atoms with Gasteiger partial charge in [-0.3, -0.25) is 19.2 Å². The van der Waals surface area contributed by atoms with Crippen LogP contribution >= 0.6 is 0 Å². The van der Waals surface area contributed by atoms with E-state index in [1.54, 1.807) is 31.2 Å². The summed E-state index contributed by atoms with van der Waals surface area (Å²) in [6, 6.07) is 5.69. The smallest absolute Gasteiger partial charge is 0.404 e. The monoisotopic (exact) mass is 393 g/mol. The average molecular weight is 393 g/mol. The third-order valence-corrected chi connectivity index (χ3v) is 3.70. The van der Waals surface area contributed by atoms with E-state index in [1.165, 1.54) is 0 Å². The van der Waals surface area contributed by atoms with Gasteiger partial charge in [-0.15, -0.1) is 0 Å². The first-order chi connectivity index (χ1) is 13.2. The standard InChI is InChI=1S/C17H23N5O6/c1-10(21-15(25)7-20-9-23)13(6-14(18)24)16(26)22-12-4-2-11(3-5-12)8-28-17(19)27/h2-5,9-10,13H,6-8H2,1H3,(H2,18,24)(H2,19,27)(H,20,23)(H,21,25)(H,22,26). The summed E-state index contributed by atoms with van der Waals surface area (Å²) >= 11 is 0. The minimum atomic E-state index is -0.921. The molecule has 0 aliphatic heterocycles. The summed E-state index contributed by atoms with van der Waals surface area (Å²) in [4.78, 5) is 56.4. The van der Waals surface area contributed by atoms with Crippen LogP contribution in [0, 0.1) is 5.92 Å². The Morgan fingerprint density at radius 2 is 1.79 bits per heavy atom. The number of anilines is 1. The van der Waals surface area contributed by atoms with E-state index < -0.39 is 35.8 Å². The van der Waals surface area contributed by atoms with Crippen LogP contribution in [0.2, 0.25) is 0 Å². The first kappa shape index (κ1) is 22.4. The van der Waals surface area contributed by atoms with Crippen LogP contribution < -0.4 is 27.4 Å². The van der Waals surface area contributed by atoms with E-state index in [-0.39, 0.29) is 19.6 Å². The van der Waals surface area contributed by atoms with Crippen LogP contribution in [0.5, 0.6) is 0 Å². The fourth-order valence-corrected chi connectivity index (χ4v) is 2.33. The van der Waals surface area contributed by atoms with Gasteiger partial charge in [-0.1, -0.05) is 12.1 Å². The lowest BCUT2D eigenvalue weighted by atomic mass is 9.95. The second-order valence-corrected chi connectivity index (χ2v) is 5.93. The van der Waals surface area contributed by atoms with Crippen molar-refractivity contribution in [1.82, 2.24) is 10.6 Å². The van der Waals surface area contributed by atoms with Gasteiger partial charge in [0, 0.05) is 18.2 Å². The molecule has 1 aromatic carbocycles. The van der Waals surface area contributed by atoms with Crippen LogP contribution in [0.25, 0.3) is 0 Å². The highest BCUT2D eigenvalue weighted by molar-refractivity contribution is 5.96. The maximum absolute atomic E-state index is 12.6. The number of carbonyl (C=O) groups excluding carboxylic acids is 5. The number of amides is 5. The van der Waals surface area contributed by atoms with Gasteiger partial charge < -0.3 is 32.2 Å². The number of nitrogens with two attached hydrogens (primary N) is 2. The third kappa shape index (κ3) is 8.17. The minimum Gasteiger partial charge on any atom is -0.445 e. The van der Waals surface area contributed by atoms with Gasteiger partial charge in [-0.2, -0.15) is 0 Å². The van der Waals surface area contributed by atoms with E-state index in [4.69, 9.17) is 11.5 Å². The number of primary amides is 2. The SMILES string of the molecule is CC(NC(=O)CNC=O)C(CC(N)=O)C(=O)Nc1ccc(COC(N)=O)cc1. The molecule has 0 bridgehead atoms. The maximum Gasteiger partial charge on any atom is 0.404 e. The molecule has 0 aliphatic rings. The summed E-state index contributed by atoms with van der Waals surface area (Å²) in [7, 11) is 0. The highest BCUT2D eigenvalue weighted by atomic mass is 16.5. The fourth-order valence-electron chi connectivity index (χ4n) is 2.33. The Labute approximate surface area is 161 Å². The molecule has 0 aromatic heterocycles. The number of hydrogen-bond acceptors (Lipinski definition) is 6. The number of benzene rings is 1. The van der Waals surface area contributed by atoms with Gasteiger partial charge in [-0.05, 0) is 24.6 Å². The van der Waals surface area contributed by atoms with Gasteiger partial charge in [0.05, 0.1) is 12.5 Å². The molecular formula is C17H23N5O6. The summed E-state index contributed by atoms with van der Waals surface area (Å²) in [5.41, 5.74) is 11.2. The lowest BCUT2D eigenvalue weighted by Crippen LogP contribution is -2.47. The molecule has 2 atom stereocenters. The zero-order valence-corrected chi connectivity index (χ0v) is 15.3. The molecule has 0 spiro atoms. The van der Waals surface area contributed by atoms with Crippen LogP contribution in [-0.4, -0.2) is 42.8 Å². The molecule has 5 amide bonds. The molecule has 11 heteroatoms. The zero-order valence-electron chi connectivity index (χ0n) is 15.3. The van der Waals surface area contributed by atoms with Crippen molar-refractivity contribution in [3.63, 3.8) is 0 Å². The number of nitrogens with one attached hydrogen (secondary N) is 3. The second kappa shape index (κ2) is 11.2. The first-order valence-electron chi connectivity index (χ1n) is 8.29. The highest BCUT2D eigenvalue weighted by Crippen LogP contribution is 2.15. The molecule has 1 aromatic rings. The van der Waals surface area contributed by atoms with Crippen molar-refractivity contribution >= 4 is 35.9 Å². The Kier molecular flexibility index (Phi) is 8.93. The van der Waals surface area contributed by atoms with Gasteiger partial charge >= 0.3 is 6.09 Å². The lowest BCUT2D eigenvalue weighted by Gasteiger charge is -2.23. The average Bonchev–Trinajstić information content (AvgIpc) is 2.63. The van der Waals surface area contributed by atoms with Crippen molar-refractivity contribution in [3.8, 4) is 0 Å². The molecule has 0 fully saturated rings. The maximum atomic E-state index is 12.6. The molecule has 0 saturated carbocycles. The largest absolute Gasteiger partial charge is 0.445 e. The van der Waals surface area contributed by atoms with Crippen molar-refractivity contribution in [2.75, 3.05) is 11.9 Å². The number of ether oxygens (including phenoxy) is 1. The molecule has 11 nitrogen and oxygen atoms in total. The lowest BCUT2D eigenvalue weighted by molar-refractivity contribution is -0.128. The molecule has 0 aliphatic carbocycles. The highest BCUT2D eigenvalue weighted by Gasteiger charge is 2.28. The Balaban J connectivity index is 2.75. The molecule has 152 valence electrons. The Hall–Kier alpha value is -3.63. The van der Waals surface area contributed by atoms with Gasteiger partial charge in [0.15, 0.2) is 0 Å². The van der Waals surface area contributed by atoms with E-state index in [9.17, 15) is 24.0 Å². The quantitative estimate of drug-likeness (QED) is 0.299. The molecular weight excluding hydrogens is 370 g/mol. The van der Waals surface area contributed by atoms with Gasteiger partial charge in [0.25, 0.3) is 0 Å². The van der Waals surface area contributed by atoms with Crippen LogP contribution in [0.15, 0.2) is 24.3 Å². The number of carbonyl (C=O) groups is 5. The van der Waals surface area contributed by atoms with Crippen LogP contribution in [-0.2, 0) is 30.5 Å². The molecule has 0 heterocycles. The van der Waals surface area contributed by atoms with E-state index in [2.05, 4.69) is 20.7 Å². The van der Waals surface area contributed by atoms with Crippen LogP contribution in [0.1, 0.15) is 18.9 Å². The number of hydrogen-bond donors (Lipinski definition) is 5. The Morgan fingerprint density at radius 3 is 2.32 bits per heavy atom. The van der Waals surface area contributed by atoms with Gasteiger partial charge in [0.1, 0.15) is 6.61 Å². The first-order valence-corrected chi connectivity index (χ1v) is 8.29. The molecule has 28 heavy (non-hydrogen) atoms. The summed E-state index contributed by atoms with van der Waals surface area (Å²) in [5, 5.41) is 7.37. The summed E-state index contributed by atoms with van der Waals surface area (Å²) in [5.74, 6) is -2.65. The molecule has 0 radical (unpaired) electrons. The van der Waals surface area contributed by atoms with Gasteiger partial charge in [-0.25, -0.2) is 4.79 Å². The van der Waals surface area contributed by atoms with Crippen molar-refractivity contribution in [2.45, 2.75) is 26.0 Å². The van der Waals surface area contributed by atoms with Crippen molar-refractivity contribution in [1.29, 1.82) is 0 Å². The summed E-state index contributed by atoms with van der Waals surface area (Å²) < 4.78 is 4.66.